The lowest BCUT2D eigenvalue weighted by molar-refractivity contribution is -0.384. The summed E-state index contributed by atoms with van der Waals surface area (Å²) < 4.78 is 5.22. The zero-order valence-electron chi connectivity index (χ0n) is 12.1. The number of hydrogen-bond donors (Lipinski definition) is 0. The smallest absolute Gasteiger partial charge is 0.327 e. The van der Waals surface area contributed by atoms with Crippen LogP contribution in [0.15, 0.2) is 28.7 Å². The summed E-state index contributed by atoms with van der Waals surface area (Å²) in [5.74, 6) is 2.35. The van der Waals surface area contributed by atoms with Gasteiger partial charge in [-0.25, -0.2) is 4.90 Å². The molecule has 124 valence electrons. The van der Waals surface area contributed by atoms with Crippen molar-refractivity contribution in [3.63, 3.8) is 0 Å². The van der Waals surface area contributed by atoms with Crippen LogP contribution in [-0.4, -0.2) is 41.8 Å². The van der Waals surface area contributed by atoms with Crippen molar-refractivity contribution in [1.29, 1.82) is 0 Å². The molecule has 0 radical (unpaired) electrons. The van der Waals surface area contributed by atoms with Gasteiger partial charge in [-0.1, -0.05) is 11.2 Å². The molecule has 2 saturated heterocycles. The monoisotopic (exact) mass is 382 g/mol. The van der Waals surface area contributed by atoms with Crippen LogP contribution in [0.4, 0.5) is 11.7 Å². The maximum Gasteiger partial charge on any atom is 0.327 e. The lowest BCUT2D eigenvalue weighted by Gasteiger charge is -2.28. The predicted octanol–water partition coefficient (Wildman–Crippen LogP) is 2.82. The number of amides is 1. The Morgan fingerprint density at radius 2 is 2.04 bits per heavy atom. The molecule has 0 unspecified atom stereocenters. The van der Waals surface area contributed by atoms with Crippen molar-refractivity contribution in [2.75, 3.05) is 22.2 Å². The van der Waals surface area contributed by atoms with E-state index in [1.807, 2.05) is 0 Å². The van der Waals surface area contributed by atoms with Crippen molar-refractivity contribution >= 4 is 52.9 Å². The number of hydrogen-bond acceptors (Lipinski definition) is 9. The Morgan fingerprint density at radius 1 is 1.25 bits per heavy atom. The second-order valence-corrected chi connectivity index (χ2v) is 9.45. The number of carbonyl (C=O) groups excluding carboxylic acids is 1. The molecule has 3 heterocycles. The number of non-ortho nitro benzene ring substituents is 1. The van der Waals surface area contributed by atoms with E-state index in [0.29, 0.717) is 11.3 Å². The SMILES string of the molecule is O=C1CSC2(SCCS2)N1c1nnc(-c2cccc([N+](=O)[O-])c2)o1. The molecule has 0 bridgehead atoms. The molecule has 0 saturated carbocycles. The third-order valence-electron chi connectivity index (χ3n) is 3.46. The maximum atomic E-state index is 12.3. The molecule has 0 atom stereocenters. The molecular weight excluding hydrogens is 372 g/mol. The van der Waals surface area contributed by atoms with Crippen LogP contribution in [0.5, 0.6) is 0 Å². The predicted molar refractivity (Wildman–Crippen MR) is 94.0 cm³/mol. The fourth-order valence-electron chi connectivity index (χ4n) is 2.43. The summed E-state index contributed by atoms with van der Waals surface area (Å²) in [6.07, 6.45) is 0. The van der Waals surface area contributed by atoms with E-state index in [0.717, 1.165) is 11.5 Å². The van der Waals surface area contributed by atoms with Crippen molar-refractivity contribution in [3.8, 4) is 11.5 Å². The summed E-state index contributed by atoms with van der Waals surface area (Å²) in [7, 11) is 0. The van der Waals surface area contributed by atoms with Crippen LogP contribution < -0.4 is 4.90 Å². The number of nitro groups is 1. The Balaban J connectivity index is 1.69. The minimum atomic E-state index is -0.484. The summed E-state index contributed by atoms with van der Waals surface area (Å²) in [5.41, 5.74) is 0.390. The molecule has 0 N–H and O–H groups in total. The fraction of sp³-hybridized carbons (Fsp3) is 0.308. The number of carbonyl (C=O) groups is 1. The topological polar surface area (TPSA) is 102 Å². The molecular formula is C13H10N4O4S3. The normalized spacial score (nSPS) is 19.3. The first kappa shape index (κ1) is 15.8. The van der Waals surface area contributed by atoms with Gasteiger partial charge in [-0.15, -0.1) is 40.4 Å². The molecule has 11 heteroatoms. The molecule has 1 aromatic heterocycles. The number of aromatic nitrogens is 2. The highest BCUT2D eigenvalue weighted by Crippen LogP contribution is 2.58. The van der Waals surface area contributed by atoms with Gasteiger partial charge in [-0.05, 0) is 6.07 Å². The van der Waals surface area contributed by atoms with E-state index in [1.165, 1.54) is 12.1 Å². The molecule has 2 aliphatic rings. The fourth-order valence-corrected chi connectivity index (χ4v) is 7.33. The second kappa shape index (κ2) is 5.97. The van der Waals surface area contributed by atoms with E-state index in [4.69, 9.17) is 4.42 Å². The third-order valence-corrected chi connectivity index (χ3v) is 8.69. The van der Waals surface area contributed by atoms with E-state index < -0.39 is 8.46 Å². The third kappa shape index (κ3) is 2.56. The molecule has 2 aliphatic heterocycles. The standard InChI is InChI=1S/C13H10N4O4S3/c18-10-7-24-13(22-4-5-23-13)16(10)12-15-14-11(21-12)8-2-1-3-9(6-8)17(19)20/h1-3,6H,4-5,7H2. The Hall–Kier alpha value is -1.72. The number of rotatable bonds is 3. The molecule has 0 aliphatic carbocycles. The highest BCUT2D eigenvalue weighted by Gasteiger charge is 2.52. The first-order valence-corrected chi connectivity index (χ1v) is 9.88. The van der Waals surface area contributed by atoms with Crippen LogP contribution in [0.3, 0.4) is 0 Å². The van der Waals surface area contributed by atoms with Crippen LogP contribution in [0.1, 0.15) is 0 Å². The van der Waals surface area contributed by atoms with Crippen LogP contribution in [-0.2, 0) is 4.79 Å². The van der Waals surface area contributed by atoms with Crippen LogP contribution in [0.2, 0.25) is 0 Å². The van der Waals surface area contributed by atoms with Crippen molar-refractivity contribution < 1.29 is 14.1 Å². The summed E-state index contributed by atoms with van der Waals surface area (Å²) in [6.45, 7) is 0. The van der Waals surface area contributed by atoms with Crippen molar-refractivity contribution in [2.45, 2.75) is 3.54 Å². The molecule has 1 amide bonds. The zero-order chi connectivity index (χ0) is 16.7. The largest absolute Gasteiger partial charge is 0.403 e. The first-order chi connectivity index (χ1) is 11.6. The Labute approximate surface area is 148 Å². The molecule has 8 nitrogen and oxygen atoms in total. The summed E-state index contributed by atoms with van der Waals surface area (Å²) in [5, 5.41) is 18.8. The van der Waals surface area contributed by atoms with Gasteiger partial charge in [-0.2, -0.15) is 0 Å². The zero-order valence-corrected chi connectivity index (χ0v) is 14.5. The molecule has 1 aromatic carbocycles. The van der Waals surface area contributed by atoms with Gasteiger partial charge in [0, 0.05) is 29.2 Å². The molecule has 2 aromatic rings. The Bertz CT molecular complexity index is 821. The number of anilines is 1. The number of thioether (sulfide) groups is 3. The van der Waals surface area contributed by atoms with Crippen molar-refractivity contribution in [2.24, 2.45) is 0 Å². The Morgan fingerprint density at radius 3 is 2.79 bits per heavy atom. The average molecular weight is 382 g/mol. The summed E-state index contributed by atoms with van der Waals surface area (Å²) in [6, 6.07) is 6.10. The van der Waals surface area contributed by atoms with Crippen LogP contribution >= 0.6 is 35.3 Å². The number of benzene rings is 1. The minimum Gasteiger partial charge on any atom is -0.403 e. The van der Waals surface area contributed by atoms with Crippen LogP contribution in [0, 0.1) is 10.1 Å². The van der Waals surface area contributed by atoms with Crippen LogP contribution in [0.25, 0.3) is 11.5 Å². The van der Waals surface area contributed by atoms with E-state index in [2.05, 4.69) is 10.2 Å². The molecule has 2 fully saturated rings. The maximum absolute atomic E-state index is 12.3. The quantitative estimate of drug-likeness (QED) is 0.585. The minimum absolute atomic E-state index is 0.0570. The van der Waals surface area contributed by atoms with Gasteiger partial charge in [0.05, 0.1) is 10.7 Å². The molecule has 4 rings (SSSR count). The van der Waals surface area contributed by atoms with Gasteiger partial charge < -0.3 is 4.42 Å². The highest BCUT2D eigenvalue weighted by molar-refractivity contribution is 8.36. The van der Waals surface area contributed by atoms with Gasteiger partial charge in [0.15, 0.2) is 3.54 Å². The summed E-state index contributed by atoms with van der Waals surface area (Å²) >= 11 is 4.93. The Kier molecular flexibility index (Phi) is 3.93. The van der Waals surface area contributed by atoms with Gasteiger partial charge in [-0.3, -0.25) is 14.9 Å². The lowest BCUT2D eigenvalue weighted by atomic mass is 10.2. The summed E-state index contributed by atoms with van der Waals surface area (Å²) in [4.78, 5) is 24.2. The highest BCUT2D eigenvalue weighted by atomic mass is 32.3. The lowest BCUT2D eigenvalue weighted by Crippen LogP contribution is -2.38. The van der Waals surface area contributed by atoms with E-state index in [1.54, 1.807) is 52.3 Å². The molecule has 1 spiro atoms. The van der Waals surface area contributed by atoms with Gasteiger partial charge in [0.1, 0.15) is 0 Å². The second-order valence-electron chi connectivity index (χ2n) is 4.94. The van der Waals surface area contributed by atoms with Crippen molar-refractivity contribution in [3.05, 3.63) is 34.4 Å². The number of nitrogens with zero attached hydrogens (tertiary/aromatic N) is 4. The van der Waals surface area contributed by atoms with Gasteiger partial charge in [0.2, 0.25) is 11.8 Å². The van der Waals surface area contributed by atoms with E-state index in [9.17, 15) is 14.9 Å². The number of nitro benzene ring substituents is 1. The van der Waals surface area contributed by atoms with E-state index >= 15 is 0 Å². The first-order valence-electron chi connectivity index (χ1n) is 6.92. The van der Waals surface area contributed by atoms with E-state index in [-0.39, 0.29) is 23.5 Å². The average Bonchev–Trinajstić information content (AvgIpc) is 3.30. The van der Waals surface area contributed by atoms with Gasteiger partial charge in [0.25, 0.3) is 5.69 Å². The van der Waals surface area contributed by atoms with Gasteiger partial charge >= 0.3 is 6.01 Å². The molecule has 24 heavy (non-hydrogen) atoms. The van der Waals surface area contributed by atoms with Crippen molar-refractivity contribution in [1.82, 2.24) is 10.2 Å².